The summed E-state index contributed by atoms with van der Waals surface area (Å²) in [6.07, 6.45) is 0. The molecule has 0 amide bonds. The molecule has 1 aromatic heterocycles. The summed E-state index contributed by atoms with van der Waals surface area (Å²) in [5.74, 6) is 0. The molecule has 19 heavy (non-hydrogen) atoms. The van der Waals surface area contributed by atoms with Gasteiger partial charge in [-0.1, -0.05) is 11.6 Å². The molecule has 2 rings (SSSR count). The maximum absolute atomic E-state index is 12.0. The summed E-state index contributed by atoms with van der Waals surface area (Å²) in [6, 6.07) is 1.45. The predicted molar refractivity (Wildman–Crippen MR) is 79.5 cm³/mol. The van der Waals surface area contributed by atoms with Crippen molar-refractivity contribution in [2.75, 3.05) is 39.4 Å². The number of rotatable bonds is 5. The van der Waals surface area contributed by atoms with Crippen molar-refractivity contribution >= 4 is 48.9 Å². The van der Waals surface area contributed by atoms with E-state index in [0.29, 0.717) is 35.1 Å². The average molecular weight is 390 g/mol. The second kappa shape index (κ2) is 6.84. The number of thiophene rings is 1. The minimum Gasteiger partial charge on any atom is -0.379 e. The minimum atomic E-state index is -3.47. The summed E-state index contributed by atoms with van der Waals surface area (Å²) in [7, 11) is -3.47. The first-order valence-electron chi connectivity index (χ1n) is 5.73. The van der Waals surface area contributed by atoms with Crippen LogP contribution in [0.1, 0.15) is 0 Å². The standard InChI is InChI=1S/C10H14BrClN2O3S2/c11-10-8(12)7-9(18-10)19(15,16)13-1-2-14-3-5-17-6-4-14/h7,13H,1-6H2. The normalized spacial score (nSPS) is 17.8. The van der Waals surface area contributed by atoms with Gasteiger partial charge < -0.3 is 4.74 Å². The smallest absolute Gasteiger partial charge is 0.250 e. The molecule has 1 aliphatic heterocycles. The minimum absolute atomic E-state index is 0.228. The van der Waals surface area contributed by atoms with E-state index in [1.54, 1.807) is 0 Å². The zero-order chi connectivity index (χ0) is 13.9. The van der Waals surface area contributed by atoms with Crippen LogP contribution < -0.4 is 4.72 Å². The van der Waals surface area contributed by atoms with Crippen molar-refractivity contribution in [3.8, 4) is 0 Å². The van der Waals surface area contributed by atoms with Gasteiger partial charge in [0.05, 0.1) is 22.0 Å². The van der Waals surface area contributed by atoms with Gasteiger partial charge in [-0.25, -0.2) is 13.1 Å². The maximum atomic E-state index is 12.0. The number of sulfonamides is 1. The van der Waals surface area contributed by atoms with Gasteiger partial charge in [0.1, 0.15) is 4.21 Å². The zero-order valence-electron chi connectivity index (χ0n) is 10.1. The highest BCUT2D eigenvalue weighted by atomic mass is 79.9. The Labute approximate surface area is 130 Å². The van der Waals surface area contributed by atoms with Crippen LogP contribution in [-0.2, 0) is 14.8 Å². The predicted octanol–water partition coefficient (Wildman–Crippen LogP) is 1.77. The Bertz CT molecular complexity index is 509. The van der Waals surface area contributed by atoms with E-state index in [1.807, 2.05) is 0 Å². The second-order valence-electron chi connectivity index (χ2n) is 4.04. The third-order valence-electron chi connectivity index (χ3n) is 2.71. The lowest BCUT2D eigenvalue weighted by atomic mass is 10.4. The summed E-state index contributed by atoms with van der Waals surface area (Å²) in [6.45, 7) is 4.18. The first kappa shape index (κ1) is 15.7. The van der Waals surface area contributed by atoms with E-state index < -0.39 is 10.0 Å². The summed E-state index contributed by atoms with van der Waals surface area (Å²) in [5.41, 5.74) is 0. The molecule has 1 aromatic rings. The van der Waals surface area contributed by atoms with E-state index in [0.717, 1.165) is 24.4 Å². The molecule has 0 aliphatic carbocycles. The largest absolute Gasteiger partial charge is 0.379 e. The number of ether oxygens (including phenoxy) is 1. The molecule has 0 atom stereocenters. The molecule has 108 valence electrons. The molecule has 1 fully saturated rings. The van der Waals surface area contributed by atoms with Crippen molar-refractivity contribution in [2.24, 2.45) is 0 Å². The monoisotopic (exact) mass is 388 g/mol. The number of nitrogens with zero attached hydrogens (tertiary/aromatic N) is 1. The number of hydrogen-bond donors (Lipinski definition) is 1. The van der Waals surface area contributed by atoms with Crippen molar-refractivity contribution < 1.29 is 13.2 Å². The lowest BCUT2D eigenvalue weighted by Crippen LogP contribution is -2.41. The van der Waals surface area contributed by atoms with Gasteiger partial charge in [0.2, 0.25) is 10.0 Å². The van der Waals surface area contributed by atoms with Gasteiger partial charge in [-0.2, -0.15) is 0 Å². The SMILES string of the molecule is O=S(=O)(NCCN1CCOCC1)c1cc(Cl)c(Br)s1. The van der Waals surface area contributed by atoms with E-state index in [-0.39, 0.29) is 4.21 Å². The molecule has 1 aliphatic rings. The molecule has 9 heteroatoms. The van der Waals surface area contributed by atoms with Crippen LogP contribution in [0.25, 0.3) is 0 Å². The van der Waals surface area contributed by atoms with E-state index >= 15 is 0 Å². The van der Waals surface area contributed by atoms with Gasteiger partial charge in [0, 0.05) is 26.2 Å². The van der Waals surface area contributed by atoms with Gasteiger partial charge in [-0.05, 0) is 22.0 Å². The van der Waals surface area contributed by atoms with Crippen LogP contribution in [-0.4, -0.2) is 52.7 Å². The Hall–Kier alpha value is 0.300. The van der Waals surface area contributed by atoms with Gasteiger partial charge >= 0.3 is 0 Å². The second-order valence-corrected chi connectivity index (χ2v) is 8.81. The summed E-state index contributed by atoms with van der Waals surface area (Å²) in [4.78, 5) is 2.17. The van der Waals surface area contributed by atoms with Crippen LogP contribution in [0.15, 0.2) is 14.1 Å². The summed E-state index contributed by atoms with van der Waals surface area (Å²) in [5, 5.41) is 0.415. The molecule has 0 radical (unpaired) electrons. The van der Waals surface area contributed by atoms with Crippen molar-refractivity contribution in [1.82, 2.24) is 9.62 Å². The van der Waals surface area contributed by atoms with Crippen molar-refractivity contribution in [2.45, 2.75) is 4.21 Å². The van der Waals surface area contributed by atoms with E-state index in [2.05, 4.69) is 25.6 Å². The number of hydrogen-bond acceptors (Lipinski definition) is 5. The van der Waals surface area contributed by atoms with Crippen molar-refractivity contribution in [1.29, 1.82) is 0 Å². The molecule has 2 heterocycles. The highest BCUT2D eigenvalue weighted by Gasteiger charge is 2.19. The third-order valence-corrected chi connectivity index (χ3v) is 7.12. The number of nitrogens with one attached hydrogen (secondary N) is 1. The van der Waals surface area contributed by atoms with E-state index in [1.165, 1.54) is 6.07 Å². The van der Waals surface area contributed by atoms with E-state index in [4.69, 9.17) is 16.3 Å². The fraction of sp³-hybridized carbons (Fsp3) is 0.600. The average Bonchev–Trinajstić information content (AvgIpc) is 2.72. The Kier molecular flexibility index (Phi) is 5.65. The van der Waals surface area contributed by atoms with Gasteiger partial charge in [0.25, 0.3) is 0 Å². The highest BCUT2D eigenvalue weighted by Crippen LogP contribution is 2.34. The Morgan fingerprint density at radius 2 is 2.16 bits per heavy atom. The third kappa shape index (κ3) is 4.38. The molecule has 0 unspecified atom stereocenters. The summed E-state index contributed by atoms with van der Waals surface area (Å²) >= 11 is 10.2. The molecule has 0 spiro atoms. The molecule has 0 saturated carbocycles. The van der Waals surface area contributed by atoms with Gasteiger partial charge in [-0.3, -0.25) is 4.90 Å². The highest BCUT2D eigenvalue weighted by molar-refractivity contribution is 9.11. The number of morpholine rings is 1. The molecular formula is C10H14BrClN2O3S2. The Morgan fingerprint density at radius 3 is 2.74 bits per heavy atom. The lowest BCUT2D eigenvalue weighted by molar-refractivity contribution is 0.0390. The quantitative estimate of drug-likeness (QED) is 0.834. The molecule has 1 N–H and O–H groups in total. The first-order chi connectivity index (χ1) is 8.99. The van der Waals surface area contributed by atoms with Crippen molar-refractivity contribution in [3.05, 3.63) is 14.9 Å². The zero-order valence-corrected chi connectivity index (χ0v) is 14.0. The van der Waals surface area contributed by atoms with Crippen LogP contribution in [0.3, 0.4) is 0 Å². The topological polar surface area (TPSA) is 58.6 Å². The van der Waals surface area contributed by atoms with Crippen LogP contribution in [0.5, 0.6) is 0 Å². The van der Waals surface area contributed by atoms with Gasteiger partial charge in [-0.15, -0.1) is 11.3 Å². The maximum Gasteiger partial charge on any atom is 0.250 e. The Morgan fingerprint density at radius 1 is 1.47 bits per heavy atom. The molecule has 0 aromatic carbocycles. The molecule has 0 bridgehead atoms. The molecule has 5 nitrogen and oxygen atoms in total. The molecular weight excluding hydrogens is 376 g/mol. The number of halogens is 2. The van der Waals surface area contributed by atoms with Crippen LogP contribution >= 0.6 is 38.9 Å². The Balaban J connectivity index is 1.87. The molecule has 1 saturated heterocycles. The van der Waals surface area contributed by atoms with Gasteiger partial charge in [0.15, 0.2) is 0 Å². The van der Waals surface area contributed by atoms with Crippen LogP contribution in [0.4, 0.5) is 0 Å². The lowest BCUT2D eigenvalue weighted by Gasteiger charge is -2.26. The fourth-order valence-corrected chi connectivity index (χ4v) is 5.16. The summed E-state index contributed by atoms with van der Waals surface area (Å²) < 4.78 is 32.7. The van der Waals surface area contributed by atoms with Crippen molar-refractivity contribution in [3.63, 3.8) is 0 Å². The first-order valence-corrected chi connectivity index (χ1v) is 9.21. The van der Waals surface area contributed by atoms with Crippen LogP contribution in [0.2, 0.25) is 5.02 Å². The van der Waals surface area contributed by atoms with E-state index in [9.17, 15) is 8.42 Å². The van der Waals surface area contributed by atoms with Crippen LogP contribution in [0, 0.1) is 0 Å². The fourth-order valence-electron chi connectivity index (χ4n) is 1.69.